The Morgan fingerprint density at radius 2 is 2.14 bits per heavy atom. The summed E-state index contributed by atoms with van der Waals surface area (Å²) in [6, 6.07) is 13.1. The molecule has 2 rings (SSSR count). The summed E-state index contributed by atoms with van der Waals surface area (Å²) in [7, 11) is 1.51. The fourth-order valence-corrected chi connectivity index (χ4v) is 2.17. The molecule has 22 heavy (non-hydrogen) atoms. The highest BCUT2D eigenvalue weighted by Gasteiger charge is 2.09. The molecule has 0 heterocycles. The van der Waals surface area contributed by atoms with Crippen LogP contribution in [0.25, 0.3) is 11.6 Å². The van der Waals surface area contributed by atoms with Gasteiger partial charge in [0.2, 0.25) is 0 Å². The number of nitrogens with zero attached hydrogens (tertiary/aromatic N) is 2. The van der Waals surface area contributed by atoms with Crippen molar-refractivity contribution in [1.82, 2.24) is 0 Å². The third kappa shape index (κ3) is 3.43. The second-order valence-electron chi connectivity index (χ2n) is 4.37. The molecular weight excluding hydrogens is 304 g/mol. The standard InChI is InChI=1S/C16H11ClN2O3/c1-22-16-6-5-11(8-15(16)17)7-13(10-18)12-3-2-4-14(9-12)19(20)21/h2-9H,1H3/b13-7-. The molecule has 0 aliphatic heterocycles. The predicted octanol–water partition coefficient (Wildman–Crippen LogP) is 4.32. The van der Waals surface area contributed by atoms with Crippen LogP contribution in [0.1, 0.15) is 11.1 Å². The Bertz CT molecular complexity index is 794. The normalized spacial score (nSPS) is 10.9. The van der Waals surface area contributed by atoms with Gasteiger partial charge in [-0.05, 0) is 29.3 Å². The van der Waals surface area contributed by atoms with Gasteiger partial charge in [0.1, 0.15) is 5.75 Å². The molecule has 0 unspecified atom stereocenters. The van der Waals surface area contributed by atoms with E-state index < -0.39 is 4.92 Å². The van der Waals surface area contributed by atoms with Gasteiger partial charge in [-0.15, -0.1) is 0 Å². The monoisotopic (exact) mass is 314 g/mol. The van der Waals surface area contributed by atoms with Crippen molar-refractivity contribution in [1.29, 1.82) is 5.26 Å². The van der Waals surface area contributed by atoms with Crippen LogP contribution in [0, 0.1) is 21.4 Å². The van der Waals surface area contributed by atoms with E-state index in [-0.39, 0.29) is 5.69 Å². The second kappa shape index (κ2) is 6.74. The van der Waals surface area contributed by atoms with Gasteiger partial charge < -0.3 is 4.74 Å². The molecule has 0 bridgehead atoms. The molecule has 110 valence electrons. The molecule has 6 heteroatoms. The Balaban J connectivity index is 2.44. The van der Waals surface area contributed by atoms with Crippen LogP contribution in [-0.4, -0.2) is 12.0 Å². The first-order chi connectivity index (χ1) is 10.5. The quantitative estimate of drug-likeness (QED) is 0.364. The van der Waals surface area contributed by atoms with Gasteiger partial charge in [0.25, 0.3) is 5.69 Å². The third-order valence-corrected chi connectivity index (χ3v) is 3.27. The van der Waals surface area contributed by atoms with Crippen molar-refractivity contribution in [3.05, 3.63) is 68.7 Å². The van der Waals surface area contributed by atoms with E-state index in [1.54, 1.807) is 36.4 Å². The number of benzene rings is 2. The highest BCUT2D eigenvalue weighted by molar-refractivity contribution is 6.32. The molecule has 0 saturated heterocycles. The van der Waals surface area contributed by atoms with Crippen LogP contribution < -0.4 is 4.74 Å². The Morgan fingerprint density at radius 3 is 2.73 bits per heavy atom. The molecule has 0 atom stereocenters. The SMILES string of the molecule is COc1ccc(/C=C(/C#N)c2cccc([N+](=O)[O-])c2)cc1Cl. The van der Waals surface area contributed by atoms with Crippen molar-refractivity contribution < 1.29 is 9.66 Å². The minimum atomic E-state index is -0.497. The van der Waals surface area contributed by atoms with Crippen molar-refractivity contribution in [3.8, 4) is 11.8 Å². The van der Waals surface area contributed by atoms with Gasteiger partial charge in [-0.2, -0.15) is 5.26 Å². The lowest BCUT2D eigenvalue weighted by atomic mass is 10.0. The highest BCUT2D eigenvalue weighted by Crippen LogP contribution is 2.27. The summed E-state index contributed by atoms with van der Waals surface area (Å²) in [4.78, 5) is 10.3. The van der Waals surface area contributed by atoms with Crippen LogP contribution in [-0.2, 0) is 0 Å². The van der Waals surface area contributed by atoms with Gasteiger partial charge in [0.05, 0.1) is 28.7 Å². The topological polar surface area (TPSA) is 76.2 Å². The average molecular weight is 315 g/mol. The van der Waals surface area contributed by atoms with Crippen molar-refractivity contribution in [2.75, 3.05) is 7.11 Å². The van der Waals surface area contributed by atoms with Gasteiger partial charge in [-0.1, -0.05) is 29.8 Å². The number of hydrogen-bond donors (Lipinski definition) is 0. The summed E-state index contributed by atoms with van der Waals surface area (Å²) in [6.45, 7) is 0. The lowest BCUT2D eigenvalue weighted by Gasteiger charge is -2.04. The van der Waals surface area contributed by atoms with E-state index in [2.05, 4.69) is 0 Å². The number of methoxy groups -OCH3 is 1. The number of hydrogen-bond acceptors (Lipinski definition) is 4. The molecule has 5 nitrogen and oxygen atoms in total. The first kappa shape index (κ1) is 15.5. The maximum atomic E-state index is 10.8. The van der Waals surface area contributed by atoms with Crippen molar-refractivity contribution >= 4 is 28.9 Å². The number of ether oxygens (including phenoxy) is 1. The fourth-order valence-electron chi connectivity index (χ4n) is 1.91. The first-order valence-corrected chi connectivity index (χ1v) is 6.63. The number of rotatable bonds is 4. The first-order valence-electron chi connectivity index (χ1n) is 6.25. The van der Waals surface area contributed by atoms with E-state index in [9.17, 15) is 15.4 Å². The maximum Gasteiger partial charge on any atom is 0.270 e. The van der Waals surface area contributed by atoms with E-state index in [1.807, 2.05) is 6.07 Å². The molecule has 0 radical (unpaired) electrons. The van der Waals surface area contributed by atoms with Crippen LogP contribution in [0.3, 0.4) is 0 Å². The van der Waals surface area contributed by atoms with Crippen LogP contribution in [0.4, 0.5) is 5.69 Å². The van der Waals surface area contributed by atoms with Gasteiger partial charge >= 0.3 is 0 Å². The molecule has 2 aromatic carbocycles. The summed E-state index contributed by atoms with van der Waals surface area (Å²) in [6.07, 6.45) is 1.62. The molecule has 0 amide bonds. The molecular formula is C16H11ClN2O3. The van der Waals surface area contributed by atoms with Gasteiger partial charge in [-0.3, -0.25) is 10.1 Å². The number of nitro groups is 1. The smallest absolute Gasteiger partial charge is 0.270 e. The number of nitriles is 1. The fraction of sp³-hybridized carbons (Fsp3) is 0.0625. The summed E-state index contributed by atoms with van der Waals surface area (Å²) >= 11 is 6.04. The van der Waals surface area contributed by atoms with Crippen LogP contribution in [0.15, 0.2) is 42.5 Å². The summed E-state index contributed by atoms with van der Waals surface area (Å²) in [5.41, 5.74) is 1.42. The Kier molecular flexibility index (Phi) is 4.77. The minimum absolute atomic E-state index is 0.0635. The molecule has 0 N–H and O–H groups in total. The molecule has 0 aromatic heterocycles. The Labute approximate surface area is 132 Å². The summed E-state index contributed by atoms with van der Waals surface area (Å²) in [5.74, 6) is 0.535. The number of halogens is 1. The summed E-state index contributed by atoms with van der Waals surface area (Å²) < 4.78 is 5.07. The zero-order valence-corrected chi connectivity index (χ0v) is 12.4. The van der Waals surface area contributed by atoms with E-state index in [1.165, 1.54) is 19.2 Å². The molecule has 0 fully saturated rings. The molecule has 0 saturated carbocycles. The number of nitro benzene ring substituents is 1. The largest absolute Gasteiger partial charge is 0.495 e. The lowest BCUT2D eigenvalue weighted by molar-refractivity contribution is -0.384. The second-order valence-corrected chi connectivity index (χ2v) is 4.78. The van der Waals surface area contributed by atoms with Crippen LogP contribution >= 0.6 is 11.6 Å². The summed E-state index contributed by atoms with van der Waals surface area (Å²) in [5, 5.41) is 20.5. The third-order valence-electron chi connectivity index (χ3n) is 2.98. The minimum Gasteiger partial charge on any atom is -0.495 e. The van der Waals surface area contributed by atoms with Crippen LogP contribution in [0.5, 0.6) is 5.75 Å². The van der Waals surface area contributed by atoms with Gasteiger partial charge in [0, 0.05) is 12.1 Å². The predicted molar refractivity (Wildman–Crippen MR) is 84.6 cm³/mol. The van der Waals surface area contributed by atoms with Crippen molar-refractivity contribution in [2.24, 2.45) is 0 Å². The average Bonchev–Trinajstić information content (AvgIpc) is 2.52. The molecule has 0 spiro atoms. The highest BCUT2D eigenvalue weighted by atomic mass is 35.5. The van der Waals surface area contributed by atoms with E-state index in [4.69, 9.17) is 16.3 Å². The zero-order valence-electron chi connectivity index (χ0n) is 11.6. The maximum absolute atomic E-state index is 10.8. The van der Waals surface area contributed by atoms with Gasteiger partial charge in [0.15, 0.2) is 0 Å². The number of allylic oxidation sites excluding steroid dienone is 1. The molecule has 0 aliphatic carbocycles. The van der Waals surface area contributed by atoms with E-state index >= 15 is 0 Å². The van der Waals surface area contributed by atoms with Crippen molar-refractivity contribution in [2.45, 2.75) is 0 Å². The van der Waals surface area contributed by atoms with Crippen molar-refractivity contribution in [3.63, 3.8) is 0 Å². The van der Waals surface area contributed by atoms with Gasteiger partial charge in [-0.25, -0.2) is 0 Å². The van der Waals surface area contributed by atoms with Crippen LogP contribution in [0.2, 0.25) is 5.02 Å². The molecule has 0 aliphatic rings. The van der Waals surface area contributed by atoms with E-state index in [0.29, 0.717) is 27.5 Å². The Morgan fingerprint density at radius 1 is 1.36 bits per heavy atom. The zero-order chi connectivity index (χ0) is 16.1. The van der Waals surface area contributed by atoms with E-state index in [0.717, 1.165) is 0 Å². The molecule has 2 aromatic rings. The lowest BCUT2D eigenvalue weighted by Crippen LogP contribution is -1.90. The Hall–Kier alpha value is -2.84. The number of non-ortho nitro benzene ring substituents is 1.